The average molecular weight is 2320 g/mol. The first-order valence-electron chi connectivity index (χ1n) is 46.7. The van der Waals surface area contributed by atoms with Gasteiger partial charge in [0, 0.05) is 76.4 Å². The van der Waals surface area contributed by atoms with Crippen LogP contribution in [0.4, 0.5) is 0 Å². The van der Waals surface area contributed by atoms with E-state index in [0.717, 1.165) is 78.4 Å². The van der Waals surface area contributed by atoms with Crippen LogP contribution in [0.2, 0.25) is 6.82 Å². The Bertz CT molecular complexity index is 4430. The Morgan fingerprint density at radius 1 is 0.308 bits per heavy atom. The summed E-state index contributed by atoms with van der Waals surface area (Å²) in [5.41, 5.74) is 11.5. The van der Waals surface area contributed by atoms with E-state index in [9.17, 15) is 42.9 Å². The number of aliphatic hydroxyl groups excluding tert-OH is 1. The third-order valence-electron chi connectivity index (χ3n) is 17.9. The first-order valence-corrected chi connectivity index (χ1v) is 55.6. The smallest absolute Gasteiger partial charge is 0.448 e. The zero-order chi connectivity index (χ0) is 109. The molecule has 0 saturated carbocycles. The number of aliphatic hydroxyl groups is 1. The highest BCUT2D eigenvalue weighted by Crippen LogP contribution is 2.34. The lowest BCUT2D eigenvalue weighted by Gasteiger charge is -2.37. The van der Waals surface area contributed by atoms with Crippen molar-refractivity contribution in [3.05, 3.63) is 386 Å². The van der Waals surface area contributed by atoms with Gasteiger partial charge in [-0.05, 0) is 172 Å². The maximum atomic E-state index is 11.6. The summed E-state index contributed by atoms with van der Waals surface area (Å²) in [6.07, 6.45) is 6.95. The molecule has 2 aliphatic heterocycles. The molecular formula is C114H155BBr5O22P. The average Bonchev–Trinajstić information content (AvgIpc) is 0.856. The number of benzene rings is 11. The van der Waals surface area contributed by atoms with Crippen molar-refractivity contribution in [1.82, 2.24) is 0 Å². The quantitative estimate of drug-likeness (QED) is 0.00942. The Hall–Kier alpha value is -10.3. The van der Waals surface area contributed by atoms with Crippen LogP contribution in [-0.2, 0) is 108 Å². The summed E-state index contributed by atoms with van der Waals surface area (Å²) in [5.74, 6) is 0.101. The lowest BCUT2D eigenvalue weighted by Crippen LogP contribution is -2.44. The van der Waals surface area contributed by atoms with E-state index in [1.807, 2.05) is 363 Å². The van der Waals surface area contributed by atoms with Crippen LogP contribution in [0.1, 0.15) is 162 Å². The Kier molecular flexibility index (Phi) is 98.0. The Morgan fingerprint density at radius 3 is 0.608 bits per heavy atom. The molecule has 143 heavy (non-hydrogen) atoms. The van der Waals surface area contributed by atoms with E-state index in [0.29, 0.717) is 71.2 Å². The second kappa shape index (κ2) is 97.7. The van der Waals surface area contributed by atoms with Crippen molar-refractivity contribution in [2.24, 2.45) is 10.8 Å². The minimum Gasteiger partial charge on any atom is -0.481 e. The molecule has 29 heteroatoms. The van der Waals surface area contributed by atoms with Crippen LogP contribution in [0.5, 0.6) is 0 Å². The summed E-state index contributed by atoms with van der Waals surface area (Å²) in [7, 11) is -3.18. The molecule has 0 unspecified atom stereocenters. The number of hydrogen-bond acceptors (Lipinski definition) is 15. The SMILES string of the molecule is CB(O)O.CBr.CBr.CBr.CC.CC.CC.CC1(CO)COC1.CC1(COC(=O)CCc2ccc(Br)cc2)COC1.CP(C)(=O)c1ccccc1.Cc1ccccc1.Cc1ccccc1.O=C(O)CCc1ccc(Br)cc1.O=C(O)CCc1ccccc1.O=C(O)CCc1ccccc1.O=C(O)CCc1ccccc1.O=C(O)CCc1ccccc1.O=C(O)CCc1ccccc1.O=C(O)CCc1ccccc1. The van der Waals surface area contributed by atoms with Crippen molar-refractivity contribution in [3.8, 4) is 0 Å². The molecule has 13 rings (SSSR count). The molecule has 2 heterocycles. The van der Waals surface area contributed by atoms with E-state index in [1.54, 1.807) is 13.3 Å². The predicted octanol–water partition coefficient (Wildman–Crippen LogP) is 26.8. The van der Waals surface area contributed by atoms with E-state index in [-0.39, 0.29) is 68.4 Å². The Labute approximate surface area is 894 Å². The number of carboxylic acid groups (broad SMARTS) is 7. The topological polar surface area (TPSA) is 384 Å². The number of carbonyl (C=O) groups excluding carboxylic acids is 1. The van der Waals surface area contributed by atoms with Gasteiger partial charge in [0.05, 0.1) is 33.0 Å². The van der Waals surface area contributed by atoms with Gasteiger partial charge in [0.15, 0.2) is 0 Å². The zero-order valence-corrected chi connectivity index (χ0v) is 94.8. The fourth-order valence-electron chi connectivity index (χ4n) is 10.4. The molecule has 2 saturated heterocycles. The molecule has 0 spiro atoms. The molecule has 2 fully saturated rings. The van der Waals surface area contributed by atoms with Gasteiger partial charge in [-0.1, -0.05) is 443 Å². The second-order valence-electron chi connectivity index (χ2n) is 31.0. The van der Waals surface area contributed by atoms with Crippen molar-refractivity contribution in [2.45, 2.75) is 179 Å². The van der Waals surface area contributed by atoms with Crippen molar-refractivity contribution in [2.75, 3.05) is 70.5 Å². The molecule has 0 radical (unpaired) electrons. The fourth-order valence-corrected chi connectivity index (χ4v) is 11.9. The number of carboxylic acids is 7. The number of aryl methyl sites for hydroxylation is 10. The molecule has 0 aromatic heterocycles. The number of esters is 1. The van der Waals surface area contributed by atoms with E-state index < -0.39 is 56.0 Å². The summed E-state index contributed by atoms with van der Waals surface area (Å²) in [6, 6.07) is 103. The number of hydrogen-bond donors (Lipinski definition) is 10. The van der Waals surface area contributed by atoms with Crippen LogP contribution in [-0.4, -0.2) is 176 Å². The lowest BCUT2D eigenvalue weighted by molar-refractivity contribution is -0.165. The first kappa shape index (κ1) is 143. The third-order valence-corrected chi connectivity index (χ3v) is 20.5. The molecule has 0 bridgehead atoms. The summed E-state index contributed by atoms with van der Waals surface area (Å²) in [4.78, 5) is 82.9. The van der Waals surface area contributed by atoms with Crippen LogP contribution in [0.25, 0.3) is 0 Å². The van der Waals surface area contributed by atoms with Gasteiger partial charge in [-0.15, -0.1) is 0 Å². The van der Waals surface area contributed by atoms with Gasteiger partial charge in [0.2, 0.25) is 0 Å². The highest BCUT2D eigenvalue weighted by molar-refractivity contribution is 9.11. The number of aliphatic carboxylic acids is 7. The second-order valence-corrected chi connectivity index (χ2v) is 36.0. The van der Waals surface area contributed by atoms with Crippen molar-refractivity contribution in [1.29, 1.82) is 0 Å². The van der Waals surface area contributed by atoms with Gasteiger partial charge in [0.1, 0.15) is 13.7 Å². The third kappa shape index (κ3) is 95.0. The van der Waals surface area contributed by atoms with Gasteiger partial charge in [-0.3, -0.25) is 38.4 Å². The van der Waals surface area contributed by atoms with Crippen LogP contribution in [0, 0.1) is 24.7 Å². The van der Waals surface area contributed by atoms with Gasteiger partial charge in [-0.2, -0.15) is 0 Å². The summed E-state index contributed by atoms with van der Waals surface area (Å²) < 4.78 is 28.7. The molecule has 11 aromatic rings. The molecule has 11 aromatic carbocycles. The van der Waals surface area contributed by atoms with Gasteiger partial charge >= 0.3 is 54.9 Å². The molecule has 2 aliphatic rings. The van der Waals surface area contributed by atoms with E-state index in [4.69, 9.17) is 65.1 Å². The minimum atomic E-state index is -2.02. The largest absolute Gasteiger partial charge is 0.481 e. The number of alkyl halides is 3. The molecule has 786 valence electrons. The van der Waals surface area contributed by atoms with E-state index in [2.05, 4.69) is 125 Å². The van der Waals surface area contributed by atoms with Crippen LogP contribution >= 0.6 is 86.8 Å². The highest BCUT2D eigenvalue weighted by Gasteiger charge is 2.35. The van der Waals surface area contributed by atoms with E-state index >= 15 is 0 Å². The summed E-state index contributed by atoms with van der Waals surface area (Å²) in [6.45, 7) is 28.6. The first-order chi connectivity index (χ1) is 68.4. The predicted molar refractivity (Wildman–Crippen MR) is 605 cm³/mol. The maximum Gasteiger partial charge on any atom is 0.448 e. The van der Waals surface area contributed by atoms with E-state index in [1.165, 1.54) is 17.9 Å². The highest BCUT2D eigenvalue weighted by atomic mass is 79.9. The monoisotopic (exact) mass is 2310 g/mol. The Morgan fingerprint density at radius 2 is 0.476 bits per heavy atom. The maximum absolute atomic E-state index is 11.6. The molecule has 10 N–H and O–H groups in total. The molecular weight excluding hydrogens is 2160 g/mol. The number of carbonyl (C=O) groups is 8. The summed E-state index contributed by atoms with van der Waals surface area (Å²) >= 11 is 15.5. The minimum absolute atomic E-state index is 0.0350. The van der Waals surface area contributed by atoms with Gasteiger partial charge in [-0.25, -0.2) is 0 Å². The van der Waals surface area contributed by atoms with Gasteiger partial charge in [0.25, 0.3) is 0 Å². The van der Waals surface area contributed by atoms with Gasteiger partial charge < -0.3 is 69.7 Å². The molecule has 22 nitrogen and oxygen atoms in total. The van der Waals surface area contributed by atoms with Crippen molar-refractivity contribution >= 4 is 147 Å². The zero-order valence-electron chi connectivity index (χ0n) is 85.9. The number of ether oxygens (including phenoxy) is 3. The number of halogens is 5. The van der Waals surface area contributed by atoms with Crippen molar-refractivity contribution < 1.29 is 108 Å². The van der Waals surface area contributed by atoms with Crippen molar-refractivity contribution in [3.63, 3.8) is 0 Å². The normalized spacial score (nSPS) is 10.7. The Balaban J connectivity index is -0.000000355. The molecule has 0 atom stereocenters. The number of rotatable bonds is 28. The molecule has 0 amide bonds. The van der Waals surface area contributed by atoms with Crippen LogP contribution in [0.3, 0.4) is 0 Å². The van der Waals surface area contributed by atoms with Crippen LogP contribution < -0.4 is 5.30 Å². The standard InChI is InChI=1S/C14H17BrO3.C9H9BrO2.6C9H10O2.C8H11OP.2C7H8.C5H10O2.3C2H6.CH5BO2.3CH3Br/c1-14(8-17-9-14)10-18-13(16)7-4-11-2-5-12(15)6-3-11;10-8-4-1-7(2-5-8)3-6-9(11)12;6*10-9(11)7-6-8-4-2-1-3-5-8;1-10(2,9)8-6-4-3-5-7-8;2*1-7-5-3-2-4-6-7;1-5(2-6)3-7-4-5;3*1-2;1-2(3)4;3*1-2/h2-3,5-6H,4,7-10H2,1H3;1-2,4-5H,3,6H2,(H,11,12);6*1-5H,6-7H2,(H,10,11);3-7H,1-2H3;2*2-6H,1H3;6H,2-4H2,1H3;3*1-2H3;3-4H,1H3;3*1H3. The lowest BCUT2D eigenvalue weighted by atomic mass is 9.90. The fraction of sp³-hybridized carbons (Fsp3) is 0.351. The summed E-state index contributed by atoms with van der Waals surface area (Å²) in [5, 5.41) is 83.4. The molecule has 0 aliphatic carbocycles. The van der Waals surface area contributed by atoms with Crippen LogP contribution in [0.15, 0.2) is 330 Å².